The van der Waals surface area contributed by atoms with Crippen molar-refractivity contribution < 1.29 is 1.43 Å². The molecule has 0 aromatic carbocycles. The first kappa shape index (κ1) is 9.92. The van der Waals surface area contributed by atoms with Crippen molar-refractivity contribution in [3.63, 3.8) is 0 Å². The van der Waals surface area contributed by atoms with Gasteiger partial charge in [0.2, 0.25) is 0 Å². The molecule has 2 heteroatoms. The maximum atomic E-state index is 3.31. The maximum absolute atomic E-state index is 3.31. The summed E-state index contributed by atoms with van der Waals surface area (Å²) in [6, 6.07) is 0. The van der Waals surface area contributed by atoms with Crippen LogP contribution in [0.5, 0.6) is 0 Å². The molecule has 0 unspecified atom stereocenters. The number of hydrogen-bond donors (Lipinski definition) is 1. The molecule has 0 aliphatic heterocycles. The Morgan fingerprint density at radius 2 is 1.80 bits per heavy atom. The Labute approximate surface area is 66.1 Å². The van der Waals surface area contributed by atoms with Gasteiger partial charge in [-0.1, -0.05) is 20.8 Å². The van der Waals surface area contributed by atoms with Crippen molar-refractivity contribution in [2.45, 2.75) is 20.8 Å². The van der Waals surface area contributed by atoms with Gasteiger partial charge in [-0.3, -0.25) is 0 Å². The van der Waals surface area contributed by atoms with E-state index < -0.39 is 0 Å². The number of rotatable bonds is 6. The smallest absolute Gasteiger partial charge is 0.0107 e. The summed E-state index contributed by atoms with van der Waals surface area (Å²) in [6.45, 7) is 12.3. The van der Waals surface area contributed by atoms with E-state index >= 15 is 0 Å². The molecule has 0 spiro atoms. The molecule has 0 amide bonds. The van der Waals surface area contributed by atoms with E-state index in [-0.39, 0.29) is 1.43 Å². The fraction of sp³-hybridized carbons (Fsp3) is 1.00. The summed E-state index contributed by atoms with van der Waals surface area (Å²) < 4.78 is 0. The van der Waals surface area contributed by atoms with Crippen LogP contribution in [-0.2, 0) is 0 Å². The lowest BCUT2D eigenvalue weighted by Crippen LogP contribution is -2.31. The van der Waals surface area contributed by atoms with Crippen LogP contribution in [0.3, 0.4) is 0 Å². The minimum Gasteiger partial charge on any atom is -0.316 e. The highest BCUT2D eigenvalue weighted by molar-refractivity contribution is 4.53. The fourth-order valence-corrected chi connectivity index (χ4v) is 0.954. The largest absolute Gasteiger partial charge is 0.316 e. The first-order valence-corrected chi connectivity index (χ1v) is 4.28. The van der Waals surface area contributed by atoms with Crippen LogP contribution in [0.1, 0.15) is 22.2 Å². The van der Waals surface area contributed by atoms with Gasteiger partial charge in [0.25, 0.3) is 0 Å². The predicted octanol–water partition coefficient (Wildman–Crippen LogP) is 1.18. The summed E-state index contributed by atoms with van der Waals surface area (Å²) >= 11 is 0. The van der Waals surface area contributed by atoms with Crippen LogP contribution in [0.2, 0.25) is 0 Å². The molecule has 0 bridgehead atoms. The molecule has 2 nitrogen and oxygen atoms in total. The zero-order valence-electron chi connectivity index (χ0n) is 7.48. The highest BCUT2D eigenvalue weighted by Crippen LogP contribution is 1.83. The van der Waals surface area contributed by atoms with Crippen molar-refractivity contribution in [3.05, 3.63) is 0 Å². The molecule has 0 aromatic rings. The fourth-order valence-electron chi connectivity index (χ4n) is 0.954. The summed E-state index contributed by atoms with van der Waals surface area (Å²) in [5.41, 5.74) is 0. The molecule has 64 valence electrons. The average molecular weight is 146 g/mol. The van der Waals surface area contributed by atoms with Gasteiger partial charge in [0.15, 0.2) is 0 Å². The predicted molar refractivity (Wildman–Crippen MR) is 48.4 cm³/mol. The summed E-state index contributed by atoms with van der Waals surface area (Å²) in [5.74, 6) is 0. The molecule has 0 atom stereocenters. The van der Waals surface area contributed by atoms with Gasteiger partial charge >= 0.3 is 0 Å². The Morgan fingerprint density at radius 1 is 1.20 bits per heavy atom. The monoisotopic (exact) mass is 146 g/mol. The van der Waals surface area contributed by atoms with Crippen LogP contribution in [-0.4, -0.2) is 37.6 Å². The van der Waals surface area contributed by atoms with Gasteiger partial charge in [-0.05, 0) is 19.6 Å². The van der Waals surface area contributed by atoms with Gasteiger partial charge in [0, 0.05) is 14.5 Å². The van der Waals surface area contributed by atoms with E-state index in [4.69, 9.17) is 0 Å². The van der Waals surface area contributed by atoms with Crippen molar-refractivity contribution in [3.8, 4) is 0 Å². The average Bonchev–Trinajstić information content (AvgIpc) is 1.99. The van der Waals surface area contributed by atoms with Crippen LogP contribution in [0, 0.1) is 0 Å². The van der Waals surface area contributed by atoms with Gasteiger partial charge in [0.1, 0.15) is 0 Å². The molecule has 10 heavy (non-hydrogen) atoms. The summed E-state index contributed by atoms with van der Waals surface area (Å²) in [4.78, 5) is 2.42. The number of nitrogens with zero attached hydrogens (tertiary/aromatic N) is 1. The van der Waals surface area contributed by atoms with Crippen molar-refractivity contribution in [2.24, 2.45) is 0 Å². The maximum Gasteiger partial charge on any atom is 0.0107 e. The van der Waals surface area contributed by atoms with Gasteiger partial charge in [-0.25, -0.2) is 0 Å². The highest BCUT2D eigenvalue weighted by atomic mass is 15.1. The normalized spacial score (nSPS) is 10.8. The van der Waals surface area contributed by atoms with Crippen molar-refractivity contribution in [1.82, 2.24) is 10.2 Å². The first-order chi connectivity index (χ1) is 4.85. The topological polar surface area (TPSA) is 15.3 Å². The Kier molecular flexibility index (Phi) is 6.98. The minimum atomic E-state index is 0. The molecule has 0 aromatic heterocycles. The lowest BCUT2D eigenvalue weighted by Gasteiger charge is -2.17. The first-order valence-electron chi connectivity index (χ1n) is 4.28. The van der Waals surface area contributed by atoms with E-state index in [2.05, 4.69) is 31.0 Å². The van der Waals surface area contributed by atoms with Gasteiger partial charge < -0.3 is 10.2 Å². The van der Waals surface area contributed by atoms with E-state index in [1.54, 1.807) is 0 Å². The molecule has 0 fully saturated rings. The van der Waals surface area contributed by atoms with Crippen LogP contribution >= 0.6 is 0 Å². The zero-order valence-corrected chi connectivity index (χ0v) is 7.48. The Bertz CT molecular complexity index is 65.1. The van der Waals surface area contributed by atoms with Crippen LogP contribution < -0.4 is 5.32 Å². The minimum absolute atomic E-state index is 0. The number of hydrogen-bond acceptors (Lipinski definition) is 2. The molecule has 0 aliphatic carbocycles. The van der Waals surface area contributed by atoms with Crippen LogP contribution in [0.15, 0.2) is 0 Å². The van der Waals surface area contributed by atoms with E-state index in [0.29, 0.717) is 0 Å². The molecule has 0 rings (SSSR count). The van der Waals surface area contributed by atoms with Crippen LogP contribution in [0.25, 0.3) is 0 Å². The molecular formula is C8H22N2. The van der Waals surface area contributed by atoms with Crippen LogP contribution in [0.4, 0.5) is 0 Å². The van der Waals surface area contributed by atoms with E-state index in [0.717, 1.165) is 13.1 Å². The third-order valence-electron chi connectivity index (χ3n) is 1.75. The van der Waals surface area contributed by atoms with E-state index in [1.807, 2.05) is 0 Å². The second kappa shape index (κ2) is 7.03. The lowest BCUT2D eigenvalue weighted by molar-refractivity contribution is 0.303. The van der Waals surface area contributed by atoms with Gasteiger partial charge in [-0.15, -0.1) is 0 Å². The molecule has 0 saturated carbocycles. The third-order valence-corrected chi connectivity index (χ3v) is 1.75. The SMILES string of the molecule is CCNCCN(CC)CC.[HH]. The van der Waals surface area contributed by atoms with Gasteiger partial charge in [-0.2, -0.15) is 0 Å². The molecule has 0 saturated heterocycles. The molecule has 1 N–H and O–H groups in total. The van der Waals surface area contributed by atoms with Crippen molar-refractivity contribution in [1.29, 1.82) is 0 Å². The van der Waals surface area contributed by atoms with Crippen molar-refractivity contribution >= 4 is 0 Å². The number of nitrogens with one attached hydrogen (secondary N) is 1. The summed E-state index contributed by atoms with van der Waals surface area (Å²) in [5, 5.41) is 3.31. The quantitative estimate of drug-likeness (QED) is 0.566. The highest BCUT2D eigenvalue weighted by Gasteiger charge is 1.95. The molecule has 0 heterocycles. The lowest BCUT2D eigenvalue weighted by atomic mass is 10.4. The molecule has 0 radical (unpaired) electrons. The Hall–Kier alpha value is -0.0800. The second-order valence-corrected chi connectivity index (χ2v) is 2.38. The van der Waals surface area contributed by atoms with Gasteiger partial charge in [0.05, 0.1) is 0 Å². The van der Waals surface area contributed by atoms with E-state index in [1.165, 1.54) is 19.6 Å². The van der Waals surface area contributed by atoms with E-state index in [9.17, 15) is 0 Å². The zero-order chi connectivity index (χ0) is 7.82. The Balaban J connectivity index is 0. The van der Waals surface area contributed by atoms with Crippen molar-refractivity contribution in [2.75, 3.05) is 32.7 Å². The standard InChI is InChI=1S/C8H20N2.H2/c1-4-9-7-8-10(5-2)6-3;/h9H,4-8H2,1-3H3;1H. The Morgan fingerprint density at radius 3 is 2.20 bits per heavy atom. The third kappa shape index (κ3) is 4.77. The molecular weight excluding hydrogens is 124 g/mol. The summed E-state index contributed by atoms with van der Waals surface area (Å²) in [7, 11) is 0. The summed E-state index contributed by atoms with van der Waals surface area (Å²) in [6.07, 6.45) is 0. The second-order valence-electron chi connectivity index (χ2n) is 2.38. The number of likely N-dealkylation sites (N-methyl/N-ethyl adjacent to an activating group) is 2. The molecule has 0 aliphatic rings.